The van der Waals surface area contributed by atoms with Crippen LogP contribution in [0.15, 0.2) is 42.5 Å². The lowest BCUT2D eigenvalue weighted by atomic mass is 10.2. The van der Waals surface area contributed by atoms with Crippen LogP contribution in [0.1, 0.15) is 37.0 Å². The molecule has 2 aromatic rings. The first-order valence-electron chi connectivity index (χ1n) is 10.1. The van der Waals surface area contributed by atoms with E-state index < -0.39 is 30.4 Å². The van der Waals surface area contributed by atoms with E-state index in [2.05, 4.69) is 10.6 Å². The van der Waals surface area contributed by atoms with E-state index >= 15 is 0 Å². The Hall–Kier alpha value is -3.10. The lowest BCUT2D eigenvalue weighted by molar-refractivity contribution is -0.147. The molecule has 0 unspecified atom stereocenters. The van der Waals surface area contributed by atoms with Gasteiger partial charge in [-0.15, -0.1) is 0 Å². The third-order valence-electron chi connectivity index (χ3n) is 4.08. The second-order valence-corrected chi connectivity index (χ2v) is 8.29. The second-order valence-electron chi connectivity index (χ2n) is 7.45. The van der Waals surface area contributed by atoms with Gasteiger partial charge in [0.1, 0.15) is 0 Å². The Morgan fingerprint density at radius 3 is 2.21 bits per heavy atom. The van der Waals surface area contributed by atoms with Crippen molar-refractivity contribution in [1.29, 1.82) is 0 Å². The van der Waals surface area contributed by atoms with Crippen LogP contribution in [0.25, 0.3) is 0 Å². The number of nitrogens with one attached hydrogen (secondary N) is 2. The number of carbonyl (C=O) groups excluding carboxylic acids is 4. The van der Waals surface area contributed by atoms with Gasteiger partial charge >= 0.3 is 11.9 Å². The molecule has 10 heteroatoms. The van der Waals surface area contributed by atoms with Crippen LogP contribution in [0, 0.1) is 5.92 Å². The average molecular weight is 495 g/mol. The van der Waals surface area contributed by atoms with Crippen LogP contribution >= 0.6 is 23.2 Å². The minimum atomic E-state index is -0.703. The summed E-state index contributed by atoms with van der Waals surface area (Å²) in [6, 6.07) is 10.7. The fourth-order valence-electron chi connectivity index (χ4n) is 2.45. The zero-order chi connectivity index (χ0) is 24.4. The fourth-order valence-corrected chi connectivity index (χ4v) is 2.91. The molecule has 0 bridgehead atoms. The first kappa shape index (κ1) is 26.2. The van der Waals surface area contributed by atoms with Gasteiger partial charge in [-0.25, -0.2) is 4.79 Å². The molecular formula is C23H24Cl2N2O6. The van der Waals surface area contributed by atoms with Crippen LogP contribution in [-0.2, 0) is 23.9 Å². The minimum absolute atomic E-state index is 0.145. The molecule has 0 saturated carbocycles. The van der Waals surface area contributed by atoms with Crippen molar-refractivity contribution in [2.45, 2.75) is 26.7 Å². The number of amides is 2. The van der Waals surface area contributed by atoms with Gasteiger partial charge in [0.25, 0.3) is 5.91 Å². The lowest BCUT2D eigenvalue weighted by Gasteiger charge is -2.09. The van der Waals surface area contributed by atoms with Gasteiger partial charge in [0.2, 0.25) is 5.91 Å². The summed E-state index contributed by atoms with van der Waals surface area (Å²) in [7, 11) is 0. The molecule has 0 spiro atoms. The molecule has 0 aliphatic rings. The van der Waals surface area contributed by atoms with Gasteiger partial charge in [-0.2, -0.15) is 0 Å². The molecule has 0 heterocycles. The number of hydrogen-bond donors (Lipinski definition) is 2. The van der Waals surface area contributed by atoms with Crippen molar-refractivity contribution in [3.05, 3.63) is 58.1 Å². The van der Waals surface area contributed by atoms with Crippen LogP contribution in [0.5, 0.6) is 0 Å². The van der Waals surface area contributed by atoms with Gasteiger partial charge in [0.05, 0.1) is 29.3 Å². The number of benzene rings is 2. The van der Waals surface area contributed by atoms with Crippen LogP contribution < -0.4 is 10.6 Å². The molecule has 0 aliphatic carbocycles. The fraction of sp³-hybridized carbons (Fsp3) is 0.304. The highest BCUT2D eigenvalue weighted by Crippen LogP contribution is 2.25. The molecule has 0 aliphatic heterocycles. The highest BCUT2D eigenvalue weighted by molar-refractivity contribution is 6.36. The van der Waals surface area contributed by atoms with E-state index in [0.717, 1.165) is 0 Å². The SMILES string of the molecule is CC(C)COC(=O)c1ccc(NC(=O)COC(=O)CCC(=O)Nc2ccc(Cl)cc2Cl)cc1. The Bertz CT molecular complexity index is 1010. The summed E-state index contributed by atoms with van der Waals surface area (Å²) in [5.74, 6) is -1.92. The summed E-state index contributed by atoms with van der Waals surface area (Å²) >= 11 is 11.8. The van der Waals surface area contributed by atoms with E-state index in [4.69, 9.17) is 32.7 Å². The molecule has 2 rings (SSSR count). The summed E-state index contributed by atoms with van der Waals surface area (Å²) in [6.07, 6.45) is -0.356. The Balaban J connectivity index is 1.70. The molecule has 2 amide bonds. The minimum Gasteiger partial charge on any atom is -0.462 e. The quantitative estimate of drug-likeness (QED) is 0.462. The number of anilines is 2. The number of hydrogen-bond acceptors (Lipinski definition) is 6. The van der Waals surface area contributed by atoms with Gasteiger partial charge in [-0.3, -0.25) is 14.4 Å². The Kier molecular flexibility index (Phi) is 10.2. The van der Waals surface area contributed by atoms with E-state index in [1.807, 2.05) is 13.8 Å². The molecule has 0 atom stereocenters. The van der Waals surface area contributed by atoms with Gasteiger partial charge in [0.15, 0.2) is 6.61 Å². The number of rotatable bonds is 10. The molecule has 0 aromatic heterocycles. The van der Waals surface area contributed by atoms with Crippen molar-refractivity contribution >= 4 is 58.3 Å². The lowest BCUT2D eigenvalue weighted by Crippen LogP contribution is -2.22. The highest BCUT2D eigenvalue weighted by Gasteiger charge is 2.13. The Morgan fingerprint density at radius 2 is 1.58 bits per heavy atom. The van der Waals surface area contributed by atoms with Crippen LogP contribution in [0.2, 0.25) is 10.0 Å². The summed E-state index contributed by atoms with van der Waals surface area (Å²) in [6.45, 7) is 3.68. The zero-order valence-corrected chi connectivity index (χ0v) is 19.7. The molecule has 0 saturated heterocycles. The first-order chi connectivity index (χ1) is 15.6. The third-order valence-corrected chi connectivity index (χ3v) is 4.63. The maximum Gasteiger partial charge on any atom is 0.338 e. The normalized spacial score (nSPS) is 10.5. The van der Waals surface area contributed by atoms with Crippen LogP contribution in [0.3, 0.4) is 0 Å². The predicted octanol–water partition coefficient (Wildman–Crippen LogP) is 4.71. The van der Waals surface area contributed by atoms with Crippen molar-refractivity contribution in [1.82, 2.24) is 0 Å². The van der Waals surface area contributed by atoms with Gasteiger partial charge in [-0.1, -0.05) is 37.0 Å². The average Bonchev–Trinajstić information content (AvgIpc) is 2.77. The second kappa shape index (κ2) is 12.8. The van der Waals surface area contributed by atoms with Crippen molar-refractivity contribution in [3.8, 4) is 0 Å². The third kappa shape index (κ3) is 9.51. The smallest absolute Gasteiger partial charge is 0.338 e. The predicted molar refractivity (Wildman–Crippen MR) is 125 cm³/mol. The van der Waals surface area contributed by atoms with E-state index in [0.29, 0.717) is 28.6 Å². The van der Waals surface area contributed by atoms with E-state index in [1.165, 1.54) is 30.3 Å². The zero-order valence-electron chi connectivity index (χ0n) is 18.2. The Labute approximate surface area is 201 Å². The summed E-state index contributed by atoms with van der Waals surface area (Å²) in [5.41, 5.74) is 1.16. The van der Waals surface area contributed by atoms with Gasteiger partial charge < -0.3 is 20.1 Å². The maximum atomic E-state index is 12.0. The first-order valence-corrected chi connectivity index (χ1v) is 10.9. The van der Waals surface area contributed by atoms with Crippen molar-refractivity contribution in [3.63, 3.8) is 0 Å². The van der Waals surface area contributed by atoms with Gasteiger partial charge in [0, 0.05) is 17.1 Å². The molecule has 0 fully saturated rings. The van der Waals surface area contributed by atoms with Gasteiger partial charge in [-0.05, 0) is 48.4 Å². The van der Waals surface area contributed by atoms with E-state index in [-0.39, 0.29) is 23.8 Å². The van der Waals surface area contributed by atoms with Crippen molar-refractivity contribution in [2.24, 2.45) is 5.92 Å². The van der Waals surface area contributed by atoms with Crippen molar-refractivity contribution in [2.75, 3.05) is 23.8 Å². The maximum absolute atomic E-state index is 12.0. The monoisotopic (exact) mass is 494 g/mol. The molecule has 8 nitrogen and oxygen atoms in total. The van der Waals surface area contributed by atoms with Crippen molar-refractivity contribution < 1.29 is 28.7 Å². The Morgan fingerprint density at radius 1 is 0.879 bits per heavy atom. The van der Waals surface area contributed by atoms with Crippen LogP contribution in [-0.4, -0.2) is 37.0 Å². The molecule has 0 radical (unpaired) electrons. The molecule has 2 N–H and O–H groups in total. The molecule has 2 aromatic carbocycles. The van der Waals surface area contributed by atoms with E-state index in [1.54, 1.807) is 12.1 Å². The number of esters is 2. The molecular weight excluding hydrogens is 471 g/mol. The number of halogens is 2. The van der Waals surface area contributed by atoms with E-state index in [9.17, 15) is 19.2 Å². The summed E-state index contributed by atoms with van der Waals surface area (Å²) in [5, 5.41) is 5.82. The summed E-state index contributed by atoms with van der Waals surface area (Å²) < 4.78 is 10.0. The van der Waals surface area contributed by atoms with Crippen LogP contribution in [0.4, 0.5) is 11.4 Å². The standard InChI is InChI=1S/C23H24Cl2N2O6/c1-14(2)12-33-23(31)15-3-6-17(7-4-15)26-21(29)13-32-22(30)10-9-20(28)27-19-8-5-16(24)11-18(19)25/h3-8,11,14H,9-10,12-13H2,1-2H3,(H,26,29)(H,27,28). The molecule has 176 valence electrons. The number of carbonyl (C=O) groups is 4. The molecule has 33 heavy (non-hydrogen) atoms. The highest BCUT2D eigenvalue weighted by atomic mass is 35.5. The number of ether oxygens (including phenoxy) is 2. The topological polar surface area (TPSA) is 111 Å². The summed E-state index contributed by atoms with van der Waals surface area (Å²) in [4.78, 5) is 47.6. The largest absolute Gasteiger partial charge is 0.462 e.